The number of morpholine rings is 1. The molecule has 2 fully saturated rings. The van der Waals surface area contributed by atoms with Gasteiger partial charge in [-0.1, -0.05) is 0 Å². The first-order chi connectivity index (χ1) is 18.3. The molecule has 0 unspecified atom stereocenters. The lowest BCUT2D eigenvalue weighted by Crippen LogP contribution is -2.51. The number of ether oxygens (including phenoxy) is 2. The van der Waals surface area contributed by atoms with Gasteiger partial charge in [-0.2, -0.15) is 5.10 Å². The van der Waals surface area contributed by atoms with Gasteiger partial charge in [0.2, 0.25) is 11.9 Å². The summed E-state index contributed by atoms with van der Waals surface area (Å²) in [5.74, 6) is 0.852. The highest BCUT2D eigenvalue weighted by atomic mass is 16.5. The van der Waals surface area contributed by atoms with Gasteiger partial charge in [-0.25, -0.2) is 9.50 Å². The number of fused-ring (bicyclic) bond motifs is 1. The van der Waals surface area contributed by atoms with E-state index in [0.717, 1.165) is 48.0 Å². The van der Waals surface area contributed by atoms with Crippen LogP contribution in [0.5, 0.6) is 0 Å². The fourth-order valence-electron chi connectivity index (χ4n) is 5.51. The van der Waals surface area contributed by atoms with Gasteiger partial charge in [0.1, 0.15) is 5.54 Å². The van der Waals surface area contributed by atoms with Gasteiger partial charge in [-0.15, -0.1) is 5.10 Å². The summed E-state index contributed by atoms with van der Waals surface area (Å²) in [7, 11) is 1.67. The van der Waals surface area contributed by atoms with Crippen LogP contribution in [-0.4, -0.2) is 92.5 Å². The second-order valence-electron chi connectivity index (χ2n) is 11.0. The van der Waals surface area contributed by atoms with Gasteiger partial charge in [0, 0.05) is 55.2 Å². The van der Waals surface area contributed by atoms with E-state index in [1.54, 1.807) is 11.8 Å². The molecular weight excluding hydrogens is 486 g/mol. The molecule has 4 heterocycles. The van der Waals surface area contributed by atoms with Crippen LogP contribution in [-0.2, 0) is 19.8 Å². The highest BCUT2D eigenvalue weighted by molar-refractivity contribution is 5.85. The van der Waals surface area contributed by atoms with Crippen LogP contribution in [0, 0.1) is 0 Å². The Balaban J connectivity index is 1.49. The van der Waals surface area contributed by atoms with Crippen LogP contribution in [0.15, 0.2) is 24.7 Å². The second-order valence-corrected chi connectivity index (χ2v) is 11.0. The van der Waals surface area contributed by atoms with E-state index in [9.17, 15) is 9.90 Å². The maximum Gasteiger partial charge on any atom is 0.250 e. The lowest BCUT2D eigenvalue weighted by Gasteiger charge is -2.34. The summed E-state index contributed by atoms with van der Waals surface area (Å²) in [6.45, 7) is 8.68. The number of anilines is 1. The van der Waals surface area contributed by atoms with Crippen molar-refractivity contribution in [1.29, 1.82) is 0 Å². The number of nitrogens with one attached hydrogen (secondary N) is 1. The van der Waals surface area contributed by atoms with E-state index in [-0.39, 0.29) is 24.0 Å². The Kier molecular flexibility index (Phi) is 7.69. The molecular formula is C27H39N7O4. The van der Waals surface area contributed by atoms with Gasteiger partial charge >= 0.3 is 0 Å². The third kappa shape index (κ3) is 5.27. The second kappa shape index (κ2) is 11.0. The topological polar surface area (TPSA) is 119 Å². The van der Waals surface area contributed by atoms with Crippen molar-refractivity contribution in [2.75, 3.05) is 45.3 Å². The highest BCUT2D eigenvalue weighted by Crippen LogP contribution is 2.38. The molecule has 5 rings (SSSR count). The number of rotatable bonds is 8. The standard InChI is InChI=1S/C27H39N7O4/c1-18(17-37-4)30-26-28-15-24-22(13-23(34(24)31-26)19-5-7-21(35)8-6-19)20-14-29-33(16-20)27(2,3)25(36)32-9-11-38-12-10-32/h13-16,18-19,21,35H,5-12,17H2,1-4H3,(H,30,31)/t18-,19-,21-/m0/s1. The quantitative estimate of drug-likeness (QED) is 0.461. The van der Waals surface area contributed by atoms with Crippen molar-refractivity contribution in [1.82, 2.24) is 29.3 Å². The van der Waals surface area contributed by atoms with Gasteiger partial charge in [-0.05, 0) is 52.5 Å². The van der Waals surface area contributed by atoms with Crippen molar-refractivity contribution < 1.29 is 19.4 Å². The number of hydrogen-bond donors (Lipinski definition) is 2. The molecule has 1 amide bonds. The first-order valence-electron chi connectivity index (χ1n) is 13.5. The number of aliphatic hydroxyl groups is 1. The van der Waals surface area contributed by atoms with Gasteiger partial charge in [0.05, 0.1) is 43.8 Å². The van der Waals surface area contributed by atoms with Crippen molar-refractivity contribution in [3.05, 3.63) is 30.4 Å². The molecule has 1 aliphatic carbocycles. The predicted octanol–water partition coefficient (Wildman–Crippen LogP) is 2.65. The van der Waals surface area contributed by atoms with E-state index < -0.39 is 5.54 Å². The molecule has 3 aromatic heterocycles. The minimum absolute atomic E-state index is 0.0304. The number of aromatic nitrogens is 5. The molecule has 1 saturated heterocycles. The summed E-state index contributed by atoms with van der Waals surface area (Å²) in [5.41, 5.74) is 3.03. The van der Waals surface area contributed by atoms with E-state index >= 15 is 0 Å². The fraction of sp³-hybridized carbons (Fsp3) is 0.630. The molecule has 0 bridgehead atoms. The average Bonchev–Trinajstić information content (AvgIpc) is 3.55. The molecule has 11 heteroatoms. The van der Waals surface area contributed by atoms with Crippen LogP contribution >= 0.6 is 0 Å². The molecule has 1 aliphatic heterocycles. The third-order valence-corrected chi connectivity index (χ3v) is 7.74. The van der Waals surface area contributed by atoms with Crippen molar-refractivity contribution in [2.24, 2.45) is 0 Å². The monoisotopic (exact) mass is 525 g/mol. The smallest absolute Gasteiger partial charge is 0.250 e. The molecule has 0 spiro atoms. The Labute approximate surface area is 223 Å². The minimum atomic E-state index is -0.835. The molecule has 1 atom stereocenters. The van der Waals surface area contributed by atoms with Crippen LogP contribution in [0.2, 0.25) is 0 Å². The zero-order valence-corrected chi connectivity index (χ0v) is 22.8. The Morgan fingerprint density at radius 3 is 2.68 bits per heavy atom. The van der Waals surface area contributed by atoms with E-state index in [2.05, 4.69) is 21.5 Å². The average molecular weight is 526 g/mol. The number of nitrogens with zero attached hydrogens (tertiary/aromatic N) is 6. The van der Waals surface area contributed by atoms with Crippen LogP contribution in [0.4, 0.5) is 5.95 Å². The largest absolute Gasteiger partial charge is 0.393 e. The minimum Gasteiger partial charge on any atom is -0.393 e. The molecule has 38 heavy (non-hydrogen) atoms. The van der Waals surface area contributed by atoms with Crippen LogP contribution in [0.1, 0.15) is 58.1 Å². The SMILES string of the molecule is COC[C@H](C)Nc1ncc2c(-c3cnn(C(C)(C)C(=O)N4CCOCC4)c3)cc([C@H]3CC[C@H](O)CC3)n2n1. The molecule has 0 aromatic carbocycles. The number of methoxy groups -OCH3 is 1. The van der Waals surface area contributed by atoms with Gasteiger partial charge in [0.25, 0.3) is 0 Å². The lowest BCUT2D eigenvalue weighted by atomic mass is 9.85. The zero-order chi connectivity index (χ0) is 26.9. The number of aliphatic hydroxyl groups excluding tert-OH is 1. The number of carbonyl (C=O) groups is 1. The first-order valence-corrected chi connectivity index (χ1v) is 13.5. The molecule has 2 N–H and O–H groups in total. The summed E-state index contributed by atoms with van der Waals surface area (Å²) in [6.07, 6.45) is 8.73. The predicted molar refractivity (Wildman–Crippen MR) is 143 cm³/mol. The molecule has 0 radical (unpaired) electrons. The summed E-state index contributed by atoms with van der Waals surface area (Å²) < 4.78 is 14.4. The Hall–Kier alpha value is -3.02. The van der Waals surface area contributed by atoms with E-state index in [1.165, 1.54) is 0 Å². The number of hydrogen-bond acceptors (Lipinski definition) is 8. The van der Waals surface area contributed by atoms with Gasteiger partial charge in [-0.3, -0.25) is 9.48 Å². The van der Waals surface area contributed by atoms with Crippen LogP contribution < -0.4 is 5.32 Å². The first kappa shape index (κ1) is 26.6. The van der Waals surface area contributed by atoms with E-state index in [4.69, 9.17) is 14.6 Å². The molecule has 206 valence electrons. The van der Waals surface area contributed by atoms with Crippen molar-refractivity contribution in [3.63, 3.8) is 0 Å². The molecule has 1 saturated carbocycles. The highest BCUT2D eigenvalue weighted by Gasteiger charge is 2.36. The van der Waals surface area contributed by atoms with Crippen LogP contribution in [0.3, 0.4) is 0 Å². The zero-order valence-electron chi connectivity index (χ0n) is 22.8. The van der Waals surface area contributed by atoms with E-state index in [0.29, 0.717) is 38.9 Å². The number of amides is 1. The maximum absolute atomic E-state index is 13.3. The summed E-state index contributed by atoms with van der Waals surface area (Å²) in [4.78, 5) is 19.8. The lowest BCUT2D eigenvalue weighted by molar-refractivity contribution is -0.143. The van der Waals surface area contributed by atoms with Gasteiger partial charge in [0.15, 0.2) is 0 Å². The maximum atomic E-state index is 13.3. The van der Waals surface area contributed by atoms with Crippen LogP contribution in [0.25, 0.3) is 16.6 Å². The van der Waals surface area contributed by atoms with Crippen molar-refractivity contribution in [3.8, 4) is 11.1 Å². The molecule has 2 aliphatic rings. The molecule has 11 nitrogen and oxygen atoms in total. The Morgan fingerprint density at radius 1 is 1.24 bits per heavy atom. The normalized spacial score (nSPS) is 21.6. The fourth-order valence-corrected chi connectivity index (χ4v) is 5.51. The van der Waals surface area contributed by atoms with Gasteiger partial charge < -0.3 is 24.8 Å². The summed E-state index contributed by atoms with van der Waals surface area (Å²) in [5, 5.41) is 22.9. The molecule has 3 aromatic rings. The third-order valence-electron chi connectivity index (χ3n) is 7.74. The Morgan fingerprint density at radius 2 is 1.97 bits per heavy atom. The van der Waals surface area contributed by atoms with E-state index in [1.807, 2.05) is 48.8 Å². The van der Waals surface area contributed by atoms with Crippen molar-refractivity contribution in [2.45, 2.75) is 70.1 Å². The van der Waals surface area contributed by atoms with Crippen molar-refractivity contribution >= 4 is 17.4 Å². The Bertz CT molecular complexity index is 1260. The number of carbonyl (C=O) groups excluding carboxylic acids is 1. The summed E-state index contributed by atoms with van der Waals surface area (Å²) >= 11 is 0. The summed E-state index contributed by atoms with van der Waals surface area (Å²) in [6, 6.07) is 2.23.